The van der Waals surface area contributed by atoms with Crippen molar-refractivity contribution in [3.8, 4) is 0 Å². The lowest BCUT2D eigenvalue weighted by atomic mass is 10.0. The Hall–Kier alpha value is -1.06. The fourth-order valence-corrected chi connectivity index (χ4v) is 2.67. The molecule has 0 aliphatic carbocycles. The first-order valence-corrected chi connectivity index (χ1v) is 6.32. The second-order valence-corrected chi connectivity index (χ2v) is 5.12. The van der Waals surface area contributed by atoms with Gasteiger partial charge in [0.1, 0.15) is 0 Å². The van der Waals surface area contributed by atoms with Gasteiger partial charge in [0, 0.05) is 18.3 Å². The molecule has 1 aliphatic heterocycles. The molecule has 0 bridgehead atoms. The van der Waals surface area contributed by atoms with Crippen LogP contribution in [0.4, 0.5) is 5.69 Å². The van der Waals surface area contributed by atoms with Gasteiger partial charge in [-0.3, -0.25) is 4.90 Å². The minimum Gasteiger partial charge on any atom is -0.399 e. The van der Waals surface area contributed by atoms with Crippen molar-refractivity contribution in [3.05, 3.63) is 29.3 Å². The van der Waals surface area contributed by atoms with Gasteiger partial charge in [0.15, 0.2) is 0 Å². The van der Waals surface area contributed by atoms with Crippen molar-refractivity contribution in [2.45, 2.75) is 32.9 Å². The molecule has 1 aromatic carbocycles. The summed E-state index contributed by atoms with van der Waals surface area (Å²) in [5, 5.41) is 9.44. The molecule has 1 saturated heterocycles. The highest BCUT2D eigenvalue weighted by molar-refractivity contribution is 5.49. The van der Waals surface area contributed by atoms with E-state index in [1.165, 1.54) is 17.5 Å². The summed E-state index contributed by atoms with van der Waals surface area (Å²) in [5.41, 5.74) is 9.22. The highest BCUT2D eigenvalue weighted by Crippen LogP contribution is 2.27. The van der Waals surface area contributed by atoms with Crippen LogP contribution in [0.3, 0.4) is 0 Å². The van der Waals surface area contributed by atoms with E-state index in [2.05, 4.69) is 24.8 Å². The van der Waals surface area contributed by atoms with Gasteiger partial charge >= 0.3 is 0 Å². The van der Waals surface area contributed by atoms with E-state index in [9.17, 15) is 5.11 Å². The number of nitrogens with two attached hydrogens (primary N) is 1. The molecule has 3 heteroatoms. The van der Waals surface area contributed by atoms with Gasteiger partial charge in [-0.1, -0.05) is 19.1 Å². The molecule has 3 N–H and O–H groups in total. The summed E-state index contributed by atoms with van der Waals surface area (Å²) in [4.78, 5) is 2.37. The summed E-state index contributed by atoms with van der Waals surface area (Å²) in [6, 6.07) is 6.37. The number of aliphatic hydroxyl groups excluding tert-OH is 1. The molecule has 1 aromatic rings. The van der Waals surface area contributed by atoms with Crippen molar-refractivity contribution in [3.63, 3.8) is 0 Å². The van der Waals surface area contributed by atoms with Crippen molar-refractivity contribution < 1.29 is 5.11 Å². The smallest absolute Gasteiger partial charge is 0.0589 e. The van der Waals surface area contributed by atoms with Crippen LogP contribution in [0, 0.1) is 12.8 Å². The Morgan fingerprint density at radius 2 is 2.24 bits per heavy atom. The summed E-state index contributed by atoms with van der Waals surface area (Å²) < 4.78 is 0. The average molecular weight is 234 g/mol. The Morgan fingerprint density at radius 3 is 2.94 bits per heavy atom. The van der Waals surface area contributed by atoms with Gasteiger partial charge in [0.2, 0.25) is 0 Å². The third kappa shape index (κ3) is 2.45. The maximum atomic E-state index is 9.44. The summed E-state index contributed by atoms with van der Waals surface area (Å²) in [5.74, 6) is 0.585. The van der Waals surface area contributed by atoms with Gasteiger partial charge in [-0.15, -0.1) is 0 Å². The molecule has 1 fully saturated rings. The Labute approximate surface area is 103 Å². The quantitative estimate of drug-likeness (QED) is 0.784. The van der Waals surface area contributed by atoms with Crippen molar-refractivity contribution in [1.29, 1.82) is 0 Å². The minimum absolute atomic E-state index is 0.253. The molecule has 17 heavy (non-hydrogen) atoms. The third-order valence-corrected chi connectivity index (χ3v) is 4.05. The van der Waals surface area contributed by atoms with Crippen LogP contribution in [0.15, 0.2) is 18.2 Å². The zero-order valence-electron chi connectivity index (χ0n) is 10.7. The first-order valence-electron chi connectivity index (χ1n) is 6.32. The number of aliphatic hydroxyl groups is 1. The number of rotatable bonds is 3. The molecule has 0 saturated carbocycles. The van der Waals surface area contributed by atoms with Crippen LogP contribution < -0.4 is 5.73 Å². The maximum Gasteiger partial charge on any atom is 0.0589 e. The molecule has 2 atom stereocenters. The van der Waals surface area contributed by atoms with Gasteiger partial charge in [0.25, 0.3) is 0 Å². The molecule has 0 radical (unpaired) electrons. The second-order valence-electron chi connectivity index (χ2n) is 5.12. The van der Waals surface area contributed by atoms with E-state index in [4.69, 9.17) is 5.73 Å². The third-order valence-electron chi connectivity index (χ3n) is 4.05. The first-order chi connectivity index (χ1) is 8.13. The Morgan fingerprint density at radius 1 is 1.47 bits per heavy atom. The van der Waals surface area contributed by atoms with Crippen LogP contribution in [0.5, 0.6) is 0 Å². The fraction of sp³-hybridized carbons (Fsp3) is 0.571. The van der Waals surface area contributed by atoms with Gasteiger partial charge in [-0.2, -0.15) is 0 Å². The molecule has 2 rings (SSSR count). The molecular formula is C14H22N2O. The molecule has 3 nitrogen and oxygen atoms in total. The highest BCUT2D eigenvalue weighted by atomic mass is 16.3. The van der Waals surface area contributed by atoms with E-state index in [1.807, 2.05) is 12.1 Å². The average Bonchev–Trinajstić information content (AvgIpc) is 2.66. The molecular weight excluding hydrogens is 212 g/mol. The van der Waals surface area contributed by atoms with Crippen LogP contribution >= 0.6 is 0 Å². The van der Waals surface area contributed by atoms with E-state index in [0.717, 1.165) is 18.8 Å². The molecule has 0 aromatic heterocycles. The van der Waals surface area contributed by atoms with E-state index >= 15 is 0 Å². The van der Waals surface area contributed by atoms with E-state index in [1.54, 1.807) is 0 Å². The van der Waals surface area contributed by atoms with E-state index in [0.29, 0.717) is 12.0 Å². The first kappa shape index (κ1) is 12.4. The number of benzene rings is 1. The lowest BCUT2D eigenvalue weighted by Gasteiger charge is -2.25. The lowest BCUT2D eigenvalue weighted by molar-refractivity contribution is 0.134. The van der Waals surface area contributed by atoms with Crippen LogP contribution in [0.25, 0.3) is 0 Å². The summed E-state index contributed by atoms with van der Waals surface area (Å²) >= 11 is 0. The normalized spacial score (nSPS) is 25.4. The summed E-state index contributed by atoms with van der Waals surface area (Å²) in [6.45, 7) is 6.50. The molecule has 94 valence electrons. The maximum absolute atomic E-state index is 9.44. The number of nitrogens with zero attached hydrogens (tertiary/aromatic N) is 1. The summed E-state index contributed by atoms with van der Waals surface area (Å²) in [6.07, 6.45) is 1.17. The molecule has 2 unspecified atom stereocenters. The van der Waals surface area contributed by atoms with Crippen LogP contribution in [0.1, 0.15) is 24.5 Å². The summed E-state index contributed by atoms with van der Waals surface area (Å²) in [7, 11) is 0. The standard InChI is InChI=1S/C14H22N2O/c1-10-6-7-16(14(10)9-17)8-12-4-3-5-13(15)11(12)2/h3-5,10,14,17H,6-9,15H2,1-2H3. The molecule has 1 heterocycles. The topological polar surface area (TPSA) is 49.5 Å². The SMILES string of the molecule is Cc1c(N)cccc1CN1CCC(C)C1CO. The van der Waals surface area contributed by atoms with E-state index < -0.39 is 0 Å². The number of hydrogen-bond donors (Lipinski definition) is 2. The minimum atomic E-state index is 0.253. The van der Waals surface area contributed by atoms with Gasteiger partial charge < -0.3 is 10.8 Å². The largest absolute Gasteiger partial charge is 0.399 e. The molecule has 0 spiro atoms. The van der Waals surface area contributed by atoms with Crippen molar-refractivity contribution in [1.82, 2.24) is 4.90 Å². The van der Waals surface area contributed by atoms with E-state index in [-0.39, 0.29) is 6.61 Å². The van der Waals surface area contributed by atoms with Crippen LogP contribution in [0.2, 0.25) is 0 Å². The molecule has 1 aliphatic rings. The predicted octanol–water partition coefficient (Wildman–Crippen LogP) is 1.78. The number of hydrogen-bond acceptors (Lipinski definition) is 3. The Kier molecular flexibility index (Phi) is 3.69. The monoisotopic (exact) mass is 234 g/mol. The van der Waals surface area contributed by atoms with Crippen LogP contribution in [-0.4, -0.2) is 29.2 Å². The van der Waals surface area contributed by atoms with Gasteiger partial charge in [-0.05, 0) is 43.0 Å². The highest BCUT2D eigenvalue weighted by Gasteiger charge is 2.30. The second kappa shape index (κ2) is 5.07. The van der Waals surface area contributed by atoms with Crippen molar-refractivity contribution >= 4 is 5.69 Å². The van der Waals surface area contributed by atoms with Crippen LogP contribution in [-0.2, 0) is 6.54 Å². The Bertz CT molecular complexity index is 392. The fourth-order valence-electron chi connectivity index (χ4n) is 2.67. The number of anilines is 1. The molecule has 0 amide bonds. The van der Waals surface area contributed by atoms with Crippen molar-refractivity contribution in [2.24, 2.45) is 5.92 Å². The van der Waals surface area contributed by atoms with Crippen molar-refractivity contribution in [2.75, 3.05) is 18.9 Å². The number of nitrogen functional groups attached to an aromatic ring is 1. The zero-order valence-corrected chi connectivity index (χ0v) is 10.7. The Balaban J connectivity index is 2.13. The van der Waals surface area contributed by atoms with Gasteiger partial charge in [-0.25, -0.2) is 0 Å². The predicted molar refractivity (Wildman–Crippen MR) is 70.7 cm³/mol. The number of likely N-dealkylation sites (tertiary alicyclic amines) is 1. The zero-order chi connectivity index (χ0) is 12.4. The van der Waals surface area contributed by atoms with Gasteiger partial charge in [0.05, 0.1) is 6.61 Å². The lowest BCUT2D eigenvalue weighted by Crippen LogP contribution is -2.34.